The molecule has 1 atom stereocenters. The predicted molar refractivity (Wildman–Crippen MR) is 84.3 cm³/mol. The van der Waals surface area contributed by atoms with Crippen LogP contribution in [-0.2, 0) is 10.5 Å². The van der Waals surface area contributed by atoms with Crippen LogP contribution in [0.5, 0.6) is 0 Å². The molecule has 1 aromatic rings. The molecule has 0 aliphatic carbocycles. The van der Waals surface area contributed by atoms with Gasteiger partial charge in [0.05, 0.1) is 5.69 Å². The van der Waals surface area contributed by atoms with Crippen LogP contribution in [0.2, 0.25) is 0 Å². The van der Waals surface area contributed by atoms with E-state index in [4.69, 9.17) is 0 Å². The fourth-order valence-corrected chi connectivity index (χ4v) is 4.27. The van der Waals surface area contributed by atoms with Crippen LogP contribution in [0.15, 0.2) is 21.1 Å². The van der Waals surface area contributed by atoms with Gasteiger partial charge in [0.25, 0.3) is 5.91 Å². The number of halogens is 2. The fraction of sp³-hybridized carbons (Fsp3) is 0.500. The van der Waals surface area contributed by atoms with Gasteiger partial charge in [-0.3, -0.25) is 9.69 Å². The second-order valence-corrected chi connectivity index (χ2v) is 7.38. The highest BCUT2D eigenvalue weighted by Crippen LogP contribution is 2.45. The van der Waals surface area contributed by atoms with E-state index in [0.717, 1.165) is 34.9 Å². The number of piperidine rings is 1. The van der Waals surface area contributed by atoms with E-state index in [2.05, 4.69) is 44.1 Å². The van der Waals surface area contributed by atoms with Gasteiger partial charge in [-0.25, -0.2) is 0 Å². The zero-order valence-electron chi connectivity index (χ0n) is 11.1. The van der Waals surface area contributed by atoms with Crippen LogP contribution in [0.4, 0.5) is 5.69 Å². The molecule has 0 unspecified atom stereocenters. The van der Waals surface area contributed by atoms with Crippen molar-refractivity contribution < 1.29 is 9.90 Å². The molecule has 0 bridgehead atoms. The van der Waals surface area contributed by atoms with E-state index in [1.54, 1.807) is 0 Å². The molecular formula is C14H16Br2N2O2. The topological polar surface area (TPSA) is 52.6 Å². The van der Waals surface area contributed by atoms with E-state index in [-0.39, 0.29) is 5.91 Å². The number of fused-ring (bicyclic) bond motifs is 1. The van der Waals surface area contributed by atoms with Crippen molar-refractivity contribution in [2.75, 3.05) is 18.4 Å². The summed E-state index contributed by atoms with van der Waals surface area (Å²) in [6.45, 7) is 3.67. The van der Waals surface area contributed by atoms with Crippen molar-refractivity contribution in [3.63, 3.8) is 0 Å². The van der Waals surface area contributed by atoms with Gasteiger partial charge in [0.15, 0.2) is 0 Å². The smallest absolute Gasteiger partial charge is 0.277 e. The number of rotatable bonds is 1. The van der Waals surface area contributed by atoms with E-state index in [0.29, 0.717) is 17.2 Å². The second-order valence-electron chi connectivity index (χ2n) is 5.61. The Bertz CT molecular complexity index is 571. The van der Waals surface area contributed by atoms with E-state index >= 15 is 0 Å². The number of benzene rings is 1. The van der Waals surface area contributed by atoms with Gasteiger partial charge < -0.3 is 10.4 Å². The first kappa shape index (κ1) is 14.5. The zero-order valence-corrected chi connectivity index (χ0v) is 14.3. The van der Waals surface area contributed by atoms with Crippen molar-refractivity contribution in [3.8, 4) is 0 Å². The fourth-order valence-electron chi connectivity index (χ4n) is 2.94. The van der Waals surface area contributed by atoms with Gasteiger partial charge in [-0.15, -0.1) is 0 Å². The molecule has 20 heavy (non-hydrogen) atoms. The number of anilines is 1. The van der Waals surface area contributed by atoms with Gasteiger partial charge in [-0.05, 0) is 46.8 Å². The maximum absolute atomic E-state index is 12.4. The highest BCUT2D eigenvalue weighted by molar-refractivity contribution is 9.11. The molecule has 0 spiro atoms. The van der Waals surface area contributed by atoms with Crippen LogP contribution >= 0.6 is 31.9 Å². The van der Waals surface area contributed by atoms with Gasteiger partial charge in [-0.1, -0.05) is 22.9 Å². The summed E-state index contributed by atoms with van der Waals surface area (Å²) < 4.78 is 1.61. The van der Waals surface area contributed by atoms with Gasteiger partial charge in [0, 0.05) is 27.6 Å². The average molecular weight is 404 g/mol. The quantitative estimate of drug-likeness (QED) is 0.757. The minimum Gasteiger partial charge on any atom is -0.364 e. The molecule has 2 aliphatic heterocycles. The predicted octanol–water partition coefficient (Wildman–Crippen LogP) is 3.04. The molecule has 4 nitrogen and oxygen atoms in total. The van der Waals surface area contributed by atoms with Crippen LogP contribution < -0.4 is 5.32 Å². The Balaban J connectivity index is 2.04. The van der Waals surface area contributed by atoms with E-state index in [1.165, 1.54) is 0 Å². The standard InChI is InChI=1S/C14H16Br2N2O2/c1-8-2-4-18(5-3-8)14(20)10-6-9(15)7-11(16)12(10)17-13(14)19/h6-8,20H,2-5H2,1H3,(H,17,19)/t14-/m1/s1. The van der Waals surface area contributed by atoms with Gasteiger partial charge >= 0.3 is 0 Å². The highest BCUT2D eigenvalue weighted by atomic mass is 79.9. The lowest BCUT2D eigenvalue weighted by atomic mass is 9.94. The summed E-state index contributed by atoms with van der Waals surface area (Å²) in [6, 6.07) is 3.68. The molecule has 2 aliphatic rings. The molecule has 2 heterocycles. The van der Waals surface area contributed by atoms with Crippen LogP contribution in [-0.4, -0.2) is 29.0 Å². The molecule has 1 saturated heterocycles. The second kappa shape index (κ2) is 5.09. The van der Waals surface area contributed by atoms with Crippen molar-refractivity contribution >= 4 is 43.5 Å². The van der Waals surface area contributed by atoms with Crippen molar-refractivity contribution in [3.05, 3.63) is 26.6 Å². The summed E-state index contributed by atoms with van der Waals surface area (Å²) in [7, 11) is 0. The lowest BCUT2D eigenvalue weighted by molar-refractivity contribution is -0.162. The van der Waals surface area contributed by atoms with E-state index in [1.807, 2.05) is 17.0 Å². The van der Waals surface area contributed by atoms with Crippen molar-refractivity contribution in [2.24, 2.45) is 5.92 Å². The van der Waals surface area contributed by atoms with E-state index < -0.39 is 5.72 Å². The number of carbonyl (C=O) groups excluding carboxylic acids is 1. The lowest BCUT2D eigenvalue weighted by Crippen LogP contribution is -2.53. The summed E-state index contributed by atoms with van der Waals surface area (Å²) in [5.74, 6) is 0.286. The summed E-state index contributed by atoms with van der Waals surface area (Å²) in [4.78, 5) is 14.2. The van der Waals surface area contributed by atoms with E-state index in [9.17, 15) is 9.90 Å². The van der Waals surface area contributed by atoms with Crippen LogP contribution in [0, 0.1) is 5.92 Å². The molecule has 108 valence electrons. The Kier molecular flexibility index (Phi) is 3.69. The van der Waals surface area contributed by atoms with Crippen molar-refractivity contribution in [1.29, 1.82) is 0 Å². The number of hydrogen-bond donors (Lipinski definition) is 2. The number of aliphatic hydroxyl groups is 1. The highest BCUT2D eigenvalue weighted by Gasteiger charge is 2.51. The molecule has 3 rings (SSSR count). The van der Waals surface area contributed by atoms with Crippen molar-refractivity contribution in [2.45, 2.75) is 25.5 Å². The first-order valence-electron chi connectivity index (χ1n) is 6.71. The summed E-state index contributed by atoms with van der Waals surface area (Å²) in [6.07, 6.45) is 2.00. The SMILES string of the molecule is CC1CCN([C@]2(O)C(=O)Nc3c(Br)cc(Br)cc32)CC1. The Morgan fingerprint density at radius 3 is 2.65 bits per heavy atom. The molecule has 0 radical (unpaired) electrons. The number of amides is 1. The largest absolute Gasteiger partial charge is 0.364 e. The van der Waals surface area contributed by atoms with Crippen LogP contribution in [0.25, 0.3) is 0 Å². The number of carbonyl (C=O) groups is 1. The van der Waals surface area contributed by atoms with Gasteiger partial charge in [-0.2, -0.15) is 0 Å². The number of nitrogens with one attached hydrogen (secondary N) is 1. The maximum Gasteiger partial charge on any atom is 0.277 e. The summed E-state index contributed by atoms with van der Waals surface area (Å²) in [5.41, 5.74) is -0.264. The Hall–Kier alpha value is -0.430. The first-order valence-corrected chi connectivity index (χ1v) is 8.30. The number of hydrogen-bond acceptors (Lipinski definition) is 3. The molecular weight excluding hydrogens is 388 g/mol. The zero-order chi connectivity index (χ0) is 14.5. The monoisotopic (exact) mass is 402 g/mol. The molecule has 6 heteroatoms. The van der Waals surface area contributed by atoms with Gasteiger partial charge in [0.1, 0.15) is 0 Å². The third-order valence-corrected chi connectivity index (χ3v) is 5.31. The van der Waals surface area contributed by atoms with Crippen LogP contribution in [0.1, 0.15) is 25.3 Å². The summed E-state index contributed by atoms with van der Waals surface area (Å²) in [5, 5.41) is 13.8. The molecule has 0 aromatic heterocycles. The minimum atomic E-state index is -1.55. The molecule has 1 amide bonds. The normalized spacial score (nSPS) is 27.5. The maximum atomic E-state index is 12.4. The van der Waals surface area contributed by atoms with Crippen LogP contribution in [0.3, 0.4) is 0 Å². The third kappa shape index (κ3) is 2.13. The lowest BCUT2D eigenvalue weighted by Gasteiger charge is -2.39. The third-order valence-electron chi connectivity index (χ3n) is 4.23. The minimum absolute atomic E-state index is 0.360. The molecule has 1 fully saturated rings. The average Bonchev–Trinajstić information content (AvgIpc) is 2.65. The Labute approximate surface area is 134 Å². The summed E-state index contributed by atoms with van der Waals surface area (Å²) >= 11 is 6.86. The molecule has 2 N–H and O–H groups in total. The number of nitrogens with zero attached hydrogens (tertiary/aromatic N) is 1. The molecule has 1 aromatic carbocycles. The molecule has 0 saturated carbocycles. The van der Waals surface area contributed by atoms with Crippen molar-refractivity contribution in [1.82, 2.24) is 4.90 Å². The Morgan fingerprint density at radius 2 is 2.00 bits per heavy atom. The Morgan fingerprint density at radius 1 is 1.35 bits per heavy atom. The number of likely N-dealkylation sites (tertiary alicyclic amines) is 1. The van der Waals surface area contributed by atoms with Gasteiger partial charge in [0.2, 0.25) is 5.72 Å². The first-order chi connectivity index (χ1) is 9.42.